The van der Waals surface area contributed by atoms with Crippen molar-refractivity contribution in [2.45, 2.75) is 13.8 Å². The van der Waals surface area contributed by atoms with Gasteiger partial charge >= 0.3 is 0 Å². The molecular weight excluding hydrogens is 262 g/mol. The molecule has 3 rings (SSSR count). The minimum Gasteiger partial charge on any atom is -0.337 e. The van der Waals surface area contributed by atoms with E-state index in [1.54, 1.807) is 0 Å². The molecule has 19 heavy (non-hydrogen) atoms. The highest BCUT2D eigenvalue weighted by Crippen LogP contribution is 2.27. The number of H-pyrrole nitrogens is 1. The zero-order valence-corrected chi connectivity index (χ0v) is 11.3. The Labute approximate surface area is 115 Å². The third-order valence-electron chi connectivity index (χ3n) is 2.95. The number of rotatable bonds is 2. The molecule has 0 aliphatic carbocycles. The quantitative estimate of drug-likeness (QED) is 0.703. The van der Waals surface area contributed by atoms with E-state index in [2.05, 4.69) is 25.5 Å². The van der Waals surface area contributed by atoms with Crippen molar-refractivity contribution in [3.63, 3.8) is 0 Å². The van der Waals surface area contributed by atoms with Crippen LogP contribution in [0.2, 0.25) is 5.28 Å². The number of fused-ring (bicyclic) bond motifs is 1. The molecule has 0 saturated carbocycles. The Bertz CT molecular complexity index is 730. The maximum absolute atomic E-state index is 5.96. The van der Waals surface area contributed by atoms with E-state index in [4.69, 9.17) is 11.6 Å². The molecule has 0 atom stereocenters. The van der Waals surface area contributed by atoms with Crippen molar-refractivity contribution in [2.75, 3.05) is 5.32 Å². The van der Waals surface area contributed by atoms with Crippen LogP contribution in [0.3, 0.4) is 0 Å². The topological polar surface area (TPSA) is 66.5 Å². The molecule has 0 unspecified atom stereocenters. The summed E-state index contributed by atoms with van der Waals surface area (Å²) >= 11 is 5.96. The number of halogens is 1. The molecule has 1 aromatic carbocycles. The van der Waals surface area contributed by atoms with Crippen LogP contribution >= 0.6 is 11.6 Å². The third-order valence-corrected chi connectivity index (χ3v) is 3.12. The van der Waals surface area contributed by atoms with Crippen molar-refractivity contribution in [3.05, 3.63) is 40.9 Å². The van der Waals surface area contributed by atoms with Crippen molar-refractivity contribution in [2.24, 2.45) is 0 Å². The highest BCUT2D eigenvalue weighted by atomic mass is 35.5. The van der Waals surface area contributed by atoms with Crippen LogP contribution in [-0.4, -0.2) is 20.2 Å². The molecule has 0 aliphatic rings. The zero-order valence-electron chi connectivity index (χ0n) is 10.5. The predicted octanol–water partition coefficient (Wildman–Crippen LogP) is 3.37. The second-order valence-electron chi connectivity index (χ2n) is 4.29. The van der Waals surface area contributed by atoms with Gasteiger partial charge in [0.15, 0.2) is 0 Å². The molecular formula is C13H12ClN5. The highest BCUT2D eigenvalue weighted by molar-refractivity contribution is 6.28. The van der Waals surface area contributed by atoms with Gasteiger partial charge < -0.3 is 5.32 Å². The van der Waals surface area contributed by atoms with E-state index < -0.39 is 0 Å². The summed E-state index contributed by atoms with van der Waals surface area (Å²) in [4.78, 5) is 8.46. The van der Waals surface area contributed by atoms with Gasteiger partial charge in [-0.1, -0.05) is 12.1 Å². The minimum absolute atomic E-state index is 0.222. The van der Waals surface area contributed by atoms with Gasteiger partial charge in [-0.15, -0.1) is 0 Å². The average Bonchev–Trinajstić information content (AvgIpc) is 2.70. The summed E-state index contributed by atoms with van der Waals surface area (Å²) in [5, 5.41) is 11.5. The van der Waals surface area contributed by atoms with Gasteiger partial charge in [-0.25, -0.2) is 4.98 Å². The van der Waals surface area contributed by atoms with Crippen LogP contribution in [0, 0.1) is 13.8 Å². The molecule has 2 aromatic heterocycles. The Morgan fingerprint density at radius 2 is 1.95 bits per heavy atom. The summed E-state index contributed by atoms with van der Waals surface area (Å²) in [7, 11) is 0. The Morgan fingerprint density at radius 1 is 1.16 bits per heavy atom. The molecule has 0 fully saturated rings. The molecule has 0 bridgehead atoms. The first-order valence-corrected chi connectivity index (χ1v) is 6.24. The van der Waals surface area contributed by atoms with E-state index in [0.717, 1.165) is 28.0 Å². The van der Waals surface area contributed by atoms with Crippen molar-refractivity contribution in [3.8, 4) is 0 Å². The number of anilines is 2. The van der Waals surface area contributed by atoms with Gasteiger partial charge in [0.2, 0.25) is 5.28 Å². The van der Waals surface area contributed by atoms with Crippen LogP contribution < -0.4 is 5.32 Å². The van der Waals surface area contributed by atoms with Gasteiger partial charge in [0, 0.05) is 5.39 Å². The molecule has 0 spiro atoms. The van der Waals surface area contributed by atoms with Crippen molar-refractivity contribution in [1.82, 2.24) is 20.2 Å². The second-order valence-corrected chi connectivity index (χ2v) is 4.63. The number of nitrogens with one attached hydrogen (secondary N) is 2. The van der Waals surface area contributed by atoms with E-state index >= 15 is 0 Å². The number of para-hydroxylation sites is 1. The van der Waals surface area contributed by atoms with Gasteiger partial charge in [0.25, 0.3) is 0 Å². The normalized spacial score (nSPS) is 10.9. The molecule has 6 heteroatoms. The van der Waals surface area contributed by atoms with E-state index in [9.17, 15) is 0 Å². The fourth-order valence-electron chi connectivity index (χ4n) is 2.00. The minimum atomic E-state index is 0.222. The van der Waals surface area contributed by atoms with Crippen LogP contribution in [0.25, 0.3) is 10.9 Å². The molecule has 5 nitrogen and oxygen atoms in total. The fraction of sp³-hybridized carbons (Fsp3) is 0.154. The Morgan fingerprint density at radius 3 is 2.68 bits per heavy atom. The SMILES string of the molecule is Cc1n[nH]c(C)c1Nc1nc(Cl)nc2ccccc12. The van der Waals surface area contributed by atoms with Gasteiger partial charge in [-0.3, -0.25) is 5.10 Å². The molecule has 2 N–H and O–H groups in total. The molecule has 3 aromatic rings. The largest absolute Gasteiger partial charge is 0.337 e. The molecule has 96 valence electrons. The molecule has 0 amide bonds. The Kier molecular flexibility index (Phi) is 2.83. The summed E-state index contributed by atoms with van der Waals surface area (Å²) in [6.07, 6.45) is 0. The lowest BCUT2D eigenvalue weighted by molar-refractivity contribution is 1.02. The lowest BCUT2D eigenvalue weighted by Gasteiger charge is -2.09. The third kappa shape index (κ3) is 2.13. The first-order valence-electron chi connectivity index (χ1n) is 5.86. The van der Waals surface area contributed by atoms with Crippen LogP contribution in [-0.2, 0) is 0 Å². The van der Waals surface area contributed by atoms with Gasteiger partial charge in [-0.05, 0) is 37.6 Å². The van der Waals surface area contributed by atoms with E-state index in [1.807, 2.05) is 38.1 Å². The molecule has 0 aliphatic heterocycles. The van der Waals surface area contributed by atoms with Gasteiger partial charge in [0.05, 0.1) is 22.6 Å². The standard InChI is InChI=1S/C13H12ClN5/c1-7-11(8(2)19-18-7)16-12-9-5-3-4-6-10(9)15-13(14)17-12/h3-6H,1-2H3,(H,18,19)(H,15,16,17). The first-order chi connectivity index (χ1) is 9.15. The van der Waals surface area contributed by atoms with E-state index in [0.29, 0.717) is 5.82 Å². The second kappa shape index (κ2) is 4.51. The first kappa shape index (κ1) is 11.9. The number of nitrogens with zero attached hydrogens (tertiary/aromatic N) is 3. The summed E-state index contributed by atoms with van der Waals surface area (Å²) in [5.41, 5.74) is 3.57. The monoisotopic (exact) mass is 273 g/mol. The van der Waals surface area contributed by atoms with Crippen molar-refractivity contribution < 1.29 is 0 Å². The fourth-order valence-corrected chi connectivity index (χ4v) is 2.17. The summed E-state index contributed by atoms with van der Waals surface area (Å²) in [6.45, 7) is 3.88. The van der Waals surface area contributed by atoms with Crippen LogP contribution in [0.15, 0.2) is 24.3 Å². The van der Waals surface area contributed by atoms with Gasteiger partial charge in [-0.2, -0.15) is 10.1 Å². The number of aromatic amines is 1. The number of aryl methyl sites for hydroxylation is 2. The van der Waals surface area contributed by atoms with E-state index in [1.165, 1.54) is 0 Å². The summed E-state index contributed by atoms with van der Waals surface area (Å²) in [6, 6.07) is 7.73. The number of hydrogen-bond donors (Lipinski definition) is 2. The summed E-state index contributed by atoms with van der Waals surface area (Å²) in [5.74, 6) is 0.684. The van der Waals surface area contributed by atoms with Crippen molar-refractivity contribution in [1.29, 1.82) is 0 Å². The van der Waals surface area contributed by atoms with E-state index in [-0.39, 0.29) is 5.28 Å². The van der Waals surface area contributed by atoms with Gasteiger partial charge in [0.1, 0.15) is 5.82 Å². The van der Waals surface area contributed by atoms with Crippen LogP contribution in [0.5, 0.6) is 0 Å². The van der Waals surface area contributed by atoms with Crippen LogP contribution in [0.4, 0.5) is 11.5 Å². The number of aromatic nitrogens is 4. The smallest absolute Gasteiger partial charge is 0.224 e. The molecule has 2 heterocycles. The highest BCUT2D eigenvalue weighted by Gasteiger charge is 2.11. The lowest BCUT2D eigenvalue weighted by atomic mass is 10.2. The number of benzene rings is 1. The number of hydrogen-bond acceptors (Lipinski definition) is 4. The maximum atomic E-state index is 5.96. The maximum Gasteiger partial charge on any atom is 0.224 e. The Balaban J connectivity index is 2.15. The summed E-state index contributed by atoms with van der Waals surface area (Å²) < 4.78 is 0. The van der Waals surface area contributed by atoms with Crippen LogP contribution in [0.1, 0.15) is 11.4 Å². The molecule has 0 radical (unpaired) electrons. The predicted molar refractivity (Wildman–Crippen MR) is 75.9 cm³/mol. The molecule has 0 saturated heterocycles. The average molecular weight is 274 g/mol. The zero-order chi connectivity index (χ0) is 13.4. The lowest BCUT2D eigenvalue weighted by Crippen LogP contribution is -1.98. The van der Waals surface area contributed by atoms with Crippen molar-refractivity contribution >= 4 is 34.0 Å². The Hall–Kier alpha value is -2.14.